The lowest BCUT2D eigenvalue weighted by atomic mass is 10.1. The second kappa shape index (κ2) is 5.00. The van der Waals surface area contributed by atoms with Crippen LogP contribution in [-0.4, -0.2) is 12.5 Å². The van der Waals surface area contributed by atoms with Gasteiger partial charge in [0, 0.05) is 6.54 Å². The number of amides is 1. The molecule has 0 aromatic carbocycles. The third kappa shape index (κ3) is 2.73. The van der Waals surface area contributed by atoms with Crippen molar-refractivity contribution >= 4 is 22.9 Å². The average molecular weight is 212 g/mol. The molecule has 4 heteroatoms. The minimum absolute atomic E-state index is 0.0576. The maximum absolute atomic E-state index is 11.6. The summed E-state index contributed by atoms with van der Waals surface area (Å²) < 4.78 is 0. The fourth-order valence-electron chi connectivity index (χ4n) is 0.995. The molecule has 0 aliphatic rings. The van der Waals surface area contributed by atoms with Crippen molar-refractivity contribution in [2.75, 3.05) is 12.3 Å². The summed E-state index contributed by atoms with van der Waals surface area (Å²) in [6.45, 7) is 4.93. The molecule has 1 rings (SSSR count). The fraction of sp³-hybridized carbons (Fsp3) is 0.500. The predicted molar refractivity (Wildman–Crippen MR) is 60.5 cm³/mol. The van der Waals surface area contributed by atoms with Crippen molar-refractivity contribution in [2.24, 2.45) is 5.92 Å². The Bertz CT molecular complexity index is 309. The molecule has 3 N–H and O–H groups in total. The van der Waals surface area contributed by atoms with Gasteiger partial charge in [0.25, 0.3) is 5.91 Å². The number of carbonyl (C=O) groups excluding carboxylic acids is 1. The van der Waals surface area contributed by atoms with E-state index in [-0.39, 0.29) is 5.91 Å². The summed E-state index contributed by atoms with van der Waals surface area (Å²) in [6.07, 6.45) is 1.07. The van der Waals surface area contributed by atoms with Gasteiger partial charge in [0.05, 0.1) is 5.69 Å². The molecule has 1 unspecified atom stereocenters. The Hall–Kier alpha value is -1.03. The molecule has 14 heavy (non-hydrogen) atoms. The van der Waals surface area contributed by atoms with Crippen LogP contribution in [0.5, 0.6) is 0 Å². The summed E-state index contributed by atoms with van der Waals surface area (Å²) in [5, 5.41) is 4.69. The lowest BCUT2D eigenvalue weighted by Gasteiger charge is -2.09. The highest BCUT2D eigenvalue weighted by Crippen LogP contribution is 2.18. The molecule has 0 radical (unpaired) electrons. The standard InChI is InChI=1S/C10H16N2OS/c1-3-7(2)6-12-10(13)9-8(11)4-5-14-9/h4-5,7H,3,6,11H2,1-2H3,(H,12,13). The van der Waals surface area contributed by atoms with Crippen LogP contribution < -0.4 is 11.1 Å². The first kappa shape index (κ1) is 11.0. The molecular formula is C10H16N2OS. The topological polar surface area (TPSA) is 55.1 Å². The summed E-state index contributed by atoms with van der Waals surface area (Å²) in [4.78, 5) is 12.2. The van der Waals surface area contributed by atoms with Gasteiger partial charge >= 0.3 is 0 Å². The summed E-state index contributed by atoms with van der Waals surface area (Å²) in [7, 11) is 0. The highest BCUT2D eigenvalue weighted by atomic mass is 32.1. The van der Waals surface area contributed by atoms with E-state index in [1.165, 1.54) is 11.3 Å². The van der Waals surface area contributed by atoms with Gasteiger partial charge in [-0.15, -0.1) is 11.3 Å². The van der Waals surface area contributed by atoms with Crippen LogP contribution in [0.2, 0.25) is 0 Å². The minimum atomic E-state index is -0.0576. The molecule has 0 saturated heterocycles. The van der Waals surface area contributed by atoms with Crippen molar-refractivity contribution in [1.29, 1.82) is 0 Å². The van der Waals surface area contributed by atoms with E-state index in [9.17, 15) is 4.79 Å². The lowest BCUT2D eigenvalue weighted by Crippen LogP contribution is -2.27. The van der Waals surface area contributed by atoms with Crippen molar-refractivity contribution in [3.63, 3.8) is 0 Å². The Morgan fingerprint density at radius 3 is 2.93 bits per heavy atom. The Kier molecular flexibility index (Phi) is 3.95. The molecule has 1 aromatic rings. The molecule has 0 aliphatic heterocycles. The Morgan fingerprint density at radius 1 is 1.71 bits per heavy atom. The van der Waals surface area contributed by atoms with Crippen molar-refractivity contribution in [3.05, 3.63) is 16.3 Å². The summed E-state index contributed by atoms with van der Waals surface area (Å²) in [6, 6.07) is 1.75. The molecule has 1 aromatic heterocycles. The highest BCUT2D eigenvalue weighted by Gasteiger charge is 2.11. The van der Waals surface area contributed by atoms with Gasteiger partial charge in [0.1, 0.15) is 4.88 Å². The quantitative estimate of drug-likeness (QED) is 0.803. The van der Waals surface area contributed by atoms with Gasteiger partial charge in [-0.1, -0.05) is 20.3 Å². The van der Waals surface area contributed by atoms with Gasteiger partial charge < -0.3 is 11.1 Å². The van der Waals surface area contributed by atoms with E-state index in [1.807, 2.05) is 5.38 Å². The number of hydrogen-bond acceptors (Lipinski definition) is 3. The molecular weight excluding hydrogens is 196 g/mol. The van der Waals surface area contributed by atoms with E-state index in [4.69, 9.17) is 5.73 Å². The molecule has 0 bridgehead atoms. The fourth-order valence-corrected chi connectivity index (χ4v) is 1.73. The molecule has 0 aliphatic carbocycles. The van der Waals surface area contributed by atoms with Gasteiger partial charge in [-0.3, -0.25) is 4.79 Å². The van der Waals surface area contributed by atoms with Crippen LogP contribution in [0.25, 0.3) is 0 Å². The van der Waals surface area contributed by atoms with Crippen LogP contribution in [-0.2, 0) is 0 Å². The van der Waals surface area contributed by atoms with E-state index < -0.39 is 0 Å². The number of nitrogens with two attached hydrogens (primary N) is 1. The van der Waals surface area contributed by atoms with Crippen molar-refractivity contribution in [2.45, 2.75) is 20.3 Å². The molecule has 1 amide bonds. The first-order chi connectivity index (χ1) is 6.65. The second-order valence-corrected chi connectivity index (χ2v) is 4.34. The van der Waals surface area contributed by atoms with Crippen LogP contribution in [0.1, 0.15) is 29.9 Å². The molecule has 78 valence electrons. The zero-order chi connectivity index (χ0) is 10.6. The van der Waals surface area contributed by atoms with Gasteiger partial charge in [0.15, 0.2) is 0 Å². The zero-order valence-corrected chi connectivity index (χ0v) is 9.36. The first-order valence-electron chi connectivity index (χ1n) is 4.76. The van der Waals surface area contributed by atoms with Crippen LogP contribution in [0.4, 0.5) is 5.69 Å². The van der Waals surface area contributed by atoms with Crippen LogP contribution in [0.15, 0.2) is 11.4 Å². The van der Waals surface area contributed by atoms with E-state index in [2.05, 4.69) is 19.2 Å². The number of rotatable bonds is 4. The Morgan fingerprint density at radius 2 is 2.43 bits per heavy atom. The third-order valence-corrected chi connectivity index (χ3v) is 3.14. The van der Waals surface area contributed by atoms with E-state index in [0.29, 0.717) is 23.0 Å². The minimum Gasteiger partial charge on any atom is -0.397 e. The van der Waals surface area contributed by atoms with Crippen molar-refractivity contribution in [3.8, 4) is 0 Å². The molecule has 0 spiro atoms. The third-order valence-electron chi connectivity index (χ3n) is 2.21. The highest BCUT2D eigenvalue weighted by molar-refractivity contribution is 7.12. The van der Waals surface area contributed by atoms with Crippen LogP contribution >= 0.6 is 11.3 Å². The molecule has 3 nitrogen and oxygen atoms in total. The monoisotopic (exact) mass is 212 g/mol. The van der Waals surface area contributed by atoms with E-state index >= 15 is 0 Å². The smallest absolute Gasteiger partial charge is 0.263 e. The van der Waals surface area contributed by atoms with Gasteiger partial charge in [-0.25, -0.2) is 0 Å². The molecule has 1 atom stereocenters. The average Bonchev–Trinajstić information content (AvgIpc) is 2.60. The SMILES string of the molecule is CCC(C)CNC(=O)c1sccc1N. The number of carbonyl (C=O) groups is 1. The first-order valence-corrected chi connectivity index (χ1v) is 5.64. The number of nitrogen functional groups attached to an aromatic ring is 1. The Labute approximate surface area is 88.3 Å². The van der Waals surface area contributed by atoms with Crippen molar-refractivity contribution in [1.82, 2.24) is 5.32 Å². The van der Waals surface area contributed by atoms with E-state index in [1.54, 1.807) is 6.07 Å². The molecule has 0 fully saturated rings. The van der Waals surface area contributed by atoms with E-state index in [0.717, 1.165) is 6.42 Å². The predicted octanol–water partition coefficient (Wildman–Crippen LogP) is 2.11. The largest absolute Gasteiger partial charge is 0.397 e. The van der Waals surface area contributed by atoms with Gasteiger partial charge in [0.2, 0.25) is 0 Å². The lowest BCUT2D eigenvalue weighted by molar-refractivity contribution is 0.0952. The zero-order valence-electron chi connectivity index (χ0n) is 8.54. The van der Waals surface area contributed by atoms with Crippen LogP contribution in [0, 0.1) is 5.92 Å². The number of anilines is 1. The van der Waals surface area contributed by atoms with Gasteiger partial charge in [-0.05, 0) is 17.4 Å². The molecule has 1 heterocycles. The second-order valence-electron chi connectivity index (χ2n) is 3.43. The number of thiophene rings is 1. The summed E-state index contributed by atoms with van der Waals surface area (Å²) in [5.74, 6) is 0.456. The summed E-state index contributed by atoms with van der Waals surface area (Å²) >= 11 is 1.38. The number of nitrogens with one attached hydrogen (secondary N) is 1. The Balaban J connectivity index is 2.47. The van der Waals surface area contributed by atoms with Gasteiger partial charge in [-0.2, -0.15) is 0 Å². The van der Waals surface area contributed by atoms with Crippen LogP contribution in [0.3, 0.4) is 0 Å². The summed E-state index contributed by atoms with van der Waals surface area (Å²) in [5.41, 5.74) is 6.20. The molecule has 0 saturated carbocycles. The maximum Gasteiger partial charge on any atom is 0.263 e. The normalized spacial score (nSPS) is 12.4. The number of hydrogen-bond donors (Lipinski definition) is 2. The maximum atomic E-state index is 11.6. The van der Waals surface area contributed by atoms with Crippen molar-refractivity contribution < 1.29 is 4.79 Å².